The lowest BCUT2D eigenvalue weighted by Gasteiger charge is -2.28. The fraction of sp³-hybridized carbons (Fsp3) is 0.529. The van der Waals surface area contributed by atoms with Crippen LogP contribution in [0.4, 0.5) is 5.69 Å². The van der Waals surface area contributed by atoms with Crippen molar-refractivity contribution in [3.05, 3.63) is 34.4 Å². The number of thioether (sulfide) groups is 1. The molecular weight excluding hydrogens is 342 g/mol. The van der Waals surface area contributed by atoms with E-state index in [9.17, 15) is 19.7 Å². The summed E-state index contributed by atoms with van der Waals surface area (Å²) in [7, 11) is 0. The molecule has 0 fully saturated rings. The lowest BCUT2D eigenvalue weighted by molar-refractivity contribution is -0.387. The zero-order chi connectivity index (χ0) is 19.0. The highest BCUT2D eigenvalue weighted by Gasteiger charge is 2.34. The fourth-order valence-corrected chi connectivity index (χ4v) is 3.62. The number of amides is 2. The van der Waals surface area contributed by atoms with Crippen LogP contribution in [-0.2, 0) is 9.59 Å². The Labute approximate surface area is 152 Å². The number of nitro benzene ring substituents is 1. The zero-order valence-corrected chi connectivity index (χ0v) is 15.9. The summed E-state index contributed by atoms with van der Waals surface area (Å²) < 4.78 is 0. The van der Waals surface area contributed by atoms with E-state index in [0.29, 0.717) is 31.1 Å². The second-order valence-electron chi connectivity index (χ2n) is 5.24. The average Bonchev–Trinajstić information content (AvgIpc) is 2.61. The van der Waals surface area contributed by atoms with Gasteiger partial charge in [-0.2, -0.15) is 0 Å². The van der Waals surface area contributed by atoms with Crippen molar-refractivity contribution in [2.45, 2.75) is 37.8 Å². The van der Waals surface area contributed by atoms with E-state index in [2.05, 4.69) is 0 Å². The standard InChI is InChI=1S/C17H25N3O4S/c1-5-18(6-2)16(21)15(17(22)19(7-3)8-4)25-14-12-10-9-11-13(14)20(23)24/h9-12,15H,5-8H2,1-4H3. The molecular formula is C17H25N3O4S. The maximum absolute atomic E-state index is 12.9. The molecule has 0 aliphatic rings. The van der Waals surface area contributed by atoms with Gasteiger partial charge in [0.05, 0.1) is 9.82 Å². The number of hydrogen-bond acceptors (Lipinski definition) is 5. The number of carbonyl (C=O) groups excluding carboxylic acids is 2. The molecule has 1 rings (SSSR count). The summed E-state index contributed by atoms with van der Waals surface area (Å²) in [5.41, 5.74) is -0.0998. The van der Waals surface area contributed by atoms with Gasteiger partial charge in [0.2, 0.25) is 11.8 Å². The number of rotatable bonds is 9. The molecule has 1 aromatic carbocycles. The summed E-state index contributed by atoms with van der Waals surface area (Å²) >= 11 is 0.954. The first-order valence-corrected chi connectivity index (χ1v) is 9.26. The molecule has 0 spiro atoms. The SMILES string of the molecule is CCN(CC)C(=O)C(Sc1ccccc1[N+](=O)[O-])C(=O)N(CC)CC. The first-order chi connectivity index (χ1) is 11.9. The third-order valence-electron chi connectivity index (χ3n) is 3.91. The van der Waals surface area contributed by atoms with Gasteiger partial charge >= 0.3 is 0 Å². The van der Waals surface area contributed by atoms with Gasteiger partial charge in [-0.3, -0.25) is 19.7 Å². The van der Waals surface area contributed by atoms with Crippen LogP contribution in [0.3, 0.4) is 0 Å². The molecule has 0 saturated heterocycles. The van der Waals surface area contributed by atoms with E-state index >= 15 is 0 Å². The minimum Gasteiger partial charge on any atom is -0.342 e. The molecule has 0 radical (unpaired) electrons. The molecule has 2 amide bonds. The molecule has 0 aliphatic carbocycles. The lowest BCUT2D eigenvalue weighted by atomic mass is 10.3. The van der Waals surface area contributed by atoms with E-state index in [1.54, 1.807) is 28.0 Å². The van der Waals surface area contributed by atoms with Crippen molar-refractivity contribution in [3.8, 4) is 0 Å². The van der Waals surface area contributed by atoms with E-state index in [1.165, 1.54) is 6.07 Å². The van der Waals surface area contributed by atoms with E-state index < -0.39 is 10.2 Å². The Morgan fingerprint density at radius 2 is 1.44 bits per heavy atom. The summed E-state index contributed by atoms with van der Waals surface area (Å²) in [6.07, 6.45) is 0. The Bertz CT molecular complexity index is 592. The number of para-hydroxylation sites is 1. The Hall–Kier alpha value is -2.09. The van der Waals surface area contributed by atoms with Gasteiger partial charge in [0.15, 0.2) is 5.25 Å². The third kappa shape index (κ3) is 5.19. The minimum absolute atomic E-state index is 0.0998. The number of nitro groups is 1. The van der Waals surface area contributed by atoms with Crippen LogP contribution in [0.25, 0.3) is 0 Å². The number of benzene rings is 1. The van der Waals surface area contributed by atoms with Gasteiger partial charge in [-0.1, -0.05) is 23.9 Å². The molecule has 0 unspecified atom stereocenters. The molecule has 0 heterocycles. The maximum Gasteiger partial charge on any atom is 0.282 e. The predicted molar refractivity (Wildman–Crippen MR) is 98.6 cm³/mol. The predicted octanol–water partition coefficient (Wildman–Crippen LogP) is 2.79. The van der Waals surface area contributed by atoms with Gasteiger partial charge in [0.25, 0.3) is 5.69 Å². The normalized spacial score (nSPS) is 10.6. The van der Waals surface area contributed by atoms with Crippen LogP contribution in [-0.4, -0.2) is 58.0 Å². The van der Waals surface area contributed by atoms with Crippen molar-refractivity contribution in [2.75, 3.05) is 26.2 Å². The lowest BCUT2D eigenvalue weighted by Crippen LogP contribution is -2.47. The van der Waals surface area contributed by atoms with Crippen molar-refractivity contribution in [1.29, 1.82) is 0 Å². The Balaban J connectivity index is 3.25. The maximum atomic E-state index is 12.9. The molecule has 25 heavy (non-hydrogen) atoms. The number of carbonyl (C=O) groups is 2. The summed E-state index contributed by atoms with van der Waals surface area (Å²) in [5, 5.41) is 10.2. The van der Waals surface area contributed by atoms with Crippen LogP contribution < -0.4 is 0 Å². The van der Waals surface area contributed by atoms with Crippen molar-refractivity contribution in [1.82, 2.24) is 9.80 Å². The van der Waals surface area contributed by atoms with E-state index in [-0.39, 0.29) is 17.5 Å². The summed E-state index contributed by atoms with van der Waals surface area (Å²) in [6.45, 7) is 9.30. The molecule has 0 saturated carbocycles. The van der Waals surface area contributed by atoms with E-state index in [4.69, 9.17) is 0 Å². The van der Waals surface area contributed by atoms with Crippen molar-refractivity contribution < 1.29 is 14.5 Å². The summed E-state index contributed by atoms with van der Waals surface area (Å²) in [5.74, 6) is -0.630. The minimum atomic E-state index is -1.03. The second-order valence-corrected chi connectivity index (χ2v) is 6.39. The monoisotopic (exact) mass is 367 g/mol. The molecule has 0 aliphatic heterocycles. The van der Waals surface area contributed by atoms with Gasteiger partial charge in [-0.05, 0) is 33.8 Å². The van der Waals surface area contributed by atoms with E-state index in [0.717, 1.165) is 11.8 Å². The molecule has 8 heteroatoms. The molecule has 7 nitrogen and oxygen atoms in total. The van der Waals surface area contributed by atoms with Crippen molar-refractivity contribution >= 4 is 29.3 Å². The smallest absolute Gasteiger partial charge is 0.282 e. The molecule has 0 aromatic heterocycles. The van der Waals surface area contributed by atoms with Gasteiger partial charge in [0, 0.05) is 32.2 Å². The topological polar surface area (TPSA) is 83.8 Å². The molecule has 0 N–H and O–H groups in total. The van der Waals surface area contributed by atoms with Gasteiger partial charge in [-0.15, -0.1) is 0 Å². The Morgan fingerprint density at radius 1 is 1.00 bits per heavy atom. The zero-order valence-electron chi connectivity index (χ0n) is 15.1. The third-order valence-corrected chi connectivity index (χ3v) is 5.14. The Kier molecular flexibility index (Phi) is 8.40. The first-order valence-electron chi connectivity index (χ1n) is 8.38. The van der Waals surface area contributed by atoms with Gasteiger partial charge in [-0.25, -0.2) is 0 Å². The fourth-order valence-electron chi connectivity index (χ4n) is 2.44. The summed E-state index contributed by atoms with van der Waals surface area (Å²) in [6, 6.07) is 6.18. The van der Waals surface area contributed by atoms with Crippen LogP contribution in [0.15, 0.2) is 29.2 Å². The molecule has 0 bridgehead atoms. The van der Waals surface area contributed by atoms with E-state index in [1.807, 2.05) is 27.7 Å². The largest absolute Gasteiger partial charge is 0.342 e. The second kappa shape index (κ2) is 10.0. The van der Waals surface area contributed by atoms with Crippen LogP contribution in [0, 0.1) is 10.1 Å². The number of nitrogens with zero attached hydrogens (tertiary/aromatic N) is 3. The number of hydrogen-bond donors (Lipinski definition) is 0. The molecule has 0 atom stereocenters. The highest BCUT2D eigenvalue weighted by atomic mass is 32.2. The van der Waals surface area contributed by atoms with Crippen LogP contribution in [0.2, 0.25) is 0 Å². The highest BCUT2D eigenvalue weighted by Crippen LogP contribution is 2.33. The molecule has 138 valence electrons. The quantitative estimate of drug-likeness (QED) is 0.290. The highest BCUT2D eigenvalue weighted by molar-refractivity contribution is 8.01. The average molecular weight is 367 g/mol. The summed E-state index contributed by atoms with van der Waals surface area (Å²) in [4.78, 5) is 39.9. The molecule has 1 aromatic rings. The van der Waals surface area contributed by atoms with Crippen LogP contribution in [0.5, 0.6) is 0 Å². The van der Waals surface area contributed by atoms with Crippen LogP contribution in [0.1, 0.15) is 27.7 Å². The van der Waals surface area contributed by atoms with Crippen LogP contribution >= 0.6 is 11.8 Å². The van der Waals surface area contributed by atoms with Gasteiger partial charge < -0.3 is 9.80 Å². The Morgan fingerprint density at radius 3 is 1.84 bits per heavy atom. The first kappa shape index (κ1) is 21.0. The van der Waals surface area contributed by atoms with Crippen molar-refractivity contribution in [2.24, 2.45) is 0 Å². The van der Waals surface area contributed by atoms with Crippen molar-refractivity contribution in [3.63, 3.8) is 0 Å². The van der Waals surface area contributed by atoms with Gasteiger partial charge in [0.1, 0.15) is 0 Å².